The number of carbonyl (C=O) groups excluding carboxylic acids is 1. The Balaban J connectivity index is 0.000000149. The molecule has 8 saturated carbocycles. The van der Waals surface area contributed by atoms with Crippen LogP contribution in [0.15, 0.2) is 45.3 Å². The predicted molar refractivity (Wildman–Crippen MR) is 280 cm³/mol. The summed E-state index contributed by atoms with van der Waals surface area (Å²) in [5.41, 5.74) is 9.09. The van der Waals surface area contributed by atoms with Crippen molar-refractivity contribution < 1.29 is 44.0 Å². The van der Waals surface area contributed by atoms with E-state index in [2.05, 4.69) is 84.8 Å². The first-order chi connectivity index (χ1) is 33.8. The summed E-state index contributed by atoms with van der Waals surface area (Å²) in [6, 6.07) is 12.4. The molecular weight excluding hydrogens is 1030 g/mol. The number of carbonyl (C=O) groups is 1. The summed E-state index contributed by atoms with van der Waals surface area (Å²) in [5.74, 6) is 7.19. The lowest BCUT2D eigenvalue weighted by Crippen LogP contribution is -2.61. The maximum Gasteiger partial charge on any atom is 0.326 e. The number of aliphatic hydroxyl groups is 3. The summed E-state index contributed by atoms with van der Waals surface area (Å²) in [6.07, 6.45) is 8.56. The molecule has 3 heterocycles. The summed E-state index contributed by atoms with van der Waals surface area (Å²) < 4.78 is 19.4. The van der Waals surface area contributed by atoms with Gasteiger partial charge in [-0.25, -0.2) is 0 Å². The monoisotopic (exact) mass is 1110 g/mol. The number of nitrogens with zero attached hydrogens (tertiary/aromatic N) is 2. The minimum atomic E-state index is -0.576. The molecule has 2 aromatic rings. The van der Waals surface area contributed by atoms with Crippen LogP contribution in [-0.4, -0.2) is 113 Å². The molecule has 6 N–H and O–H groups in total. The van der Waals surface area contributed by atoms with E-state index in [1.54, 1.807) is 5.06 Å². The average molecular weight is 1120 g/mol. The zero-order valence-electron chi connectivity index (χ0n) is 43.5. The normalized spacial score (nSPS) is 37.8. The van der Waals surface area contributed by atoms with Gasteiger partial charge in [0.05, 0.1) is 66.5 Å². The van der Waals surface area contributed by atoms with Crippen molar-refractivity contribution in [2.75, 3.05) is 33.0 Å². The summed E-state index contributed by atoms with van der Waals surface area (Å²) in [6.45, 7) is 21.0. The number of aliphatic hydroxyl groups excluding tert-OH is 3. The molecule has 71 heavy (non-hydrogen) atoms. The zero-order chi connectivity index (χ0) is 50.7. The first kappa shape index (κ1) is 53.9. The number of hydroxylamine groups is 4. The van der Waals surface area contributed by atoms with Crippen LogP contribution >= 0.6 is 31.9 Å². The Morgan fingerprint density at radius 2 is 1.30 bits per heavy atom. The molecule has 2 aromatic carbocycles. The fourth-order valence-corrected chi connectivity index (χ4v) is 15.0. The first-order valence-corrected chi connectivity index (χ1v) is 28.7. The van der Waals surface area contributed by atoms with Crippen molar-refractivity contribution >= 4 is 37.8 Å². The zero-order valence-corrected chi connectivity index (χ0v) is 46.7. The number of para-hydroxylation sites is 2. The van der Waals surface area contributed by atoms with Crippen LogP contribution in [0, 0.1) is 70.0 Å². The van der Waals surface area contributed by atoms with Crippen LogP contribution in [0.5, 0.6) is 11.5 Å². The number of benzene rings is 2. The molecule has 13 nitrogen and oxygen atoms in total. The van der Waals surface area contributed by atoms with Crippen LogP contribution in [0.3, 0.4) is 0 Å². The van der Waals surface area contributed by atoms with E-state index >= 15 is 0 Å². The van der Waals surface area contributed by atoms with Gasteiger partial charge < -0.3 is 40.6 Å². The van der Waals surface area contributed by atoms with Crippen LogP contribution in [0.25, 0.3) is 0 Å². The van der Waals surface area contributed by atoms with Gasteiger partial charge in [0, 0.05) is 35.7 Å². The lowest BCUT2D eigenvalue weighted by atomic mass is 9.45. The number of ether oxygens (including phenoxy) is 3. The molecule has 0 aromatic heterocycles. The van der Waals surface area contributed by atoms with Crippen molar-refractivity contribution in [3.05, 3.63) is 56.5 Å². The molecule has 16 atom stereocenters. The number of rotatable bonds is 16. The molecule has 8 aliphatic carbocycles. The summed E-state index contributed by atoms with van der Waals surface area (Å²) in [5, 5.41) is 37.9. The summed E-state index contributed by atoms with van der Waals surface area (Å²) in [4.78, 5) is 24.4. The van der Waals surface area contributed by atoms with Gasteiger partial charge in [0.2, 0.25) is 0 Å². The van der Waals surface area contributed by atoms with Crippen molar-refractivity contribution in [1.29, 1.82) is 0 Å². The molecule has 0 spiro atoms. The molecule has 0 unspecified atom stereocenters. The smallest absolute Gasteiger partial charge is 0.326 e. The van der Waals surface area contributed by atoms with Gasteiger partial charge in [-0.1, -0.05) is 65.8 Å². The van der Waals surface area contributed by atoms with E-state index in [-0.39, 0.29) is 43.2 Å². The summed E-state index contributed by atoms with van der Waals surface area (Å²) >= 11 is 7.23. The van der Waals surface area contributed by atoms with Gasteiger partial charge in [-0.3, -0.25) is 14.5 Å². The third-order valence-electron chi connectivity index (χ3n) is 19.3. The van der Waals surface area contributed by atoms with Crippen LogP contribution in [0.1, 0.15) is 118 Å². The van der Waals surface area contributed by atoms with Gasteiger partial charge in [-0.15, -0.1) is 0 Å². The lowest BCUT2D eigenvalue weighted by molar-refractivity contribution is -0.195. The van der Waals surface area contributed by atoms with Crippen LogP contribution < -0.4 is 20.5 Å². The van der Waals surface area contributed by atoms with Crippen LogP contribution in [0.4, 0.5) is 0 Å². The maximum absolute atomic E-state index is 12.2. The molecule has 15 heteroatoms. The predicted octanol–water partition coefficient (Wildman–Crippen LogP) is 8.66. The van der Waals surface area contributed by atoms with E-state index in [4.69, 9.17) is 29.6 Å². The third-order valence-corrected chi connectivity index (χ3v) is 20.6. The quantitative estimate of drug-likeness (QED) is 0.101. The Morgan fingerprint density at radius 3 is 1.77 bits per heavy atom. The fraction of sp³-hybridized carbons (Fsp3) is 0.768. The second-order valence-electron chi connectivity index (χ2n) is 24.4. The lowest BCUT2D eigenvalue weighted by Gasteiger charge is -2.62. The van der Waals surface area contributed by atoms with Gasteiger partial charge in [0.1, 0.15) is 35.9 Å². The van der Waals surface area contributed by atoms with Crippen molar-refractivity contribution in [2.45, 2.75) is 168 Å². The molecular formula is C56H84Br2N4O9. The molecule has 0 radical (unpaired) electrons. The number of hydrogen-bond donors (Lipinski definition) is 5. The van der Waals surface area contributed by atoms with Crippen LogP contribution in [0.2, 0.25) is 0 Å². The topological polar surface area (TPSA) is 168 Å². The van der Waals surface area contributed by atoms with Gasteiger partial charge in [0.25, 0.3) is 0 Å². The molecule has 11 aliphatic rings. The third kappa shape index (κ3) is 11.2. The number of nitrogens with one attached hydrogen (secondary N) is 1. The van der Waals surface area contributed by atoms with Crippen LogP contribution in [-0.2, 0) is 32.3 Å². The molecule has 0 amide bonds. The minimum absolute atomic E-state index is 0.0409. The molecule has 3 saturated heterocycles. The van der Waals surface area contributed by atoms with Gasteiger partial charge in [-0.2, -0.15) is 10.1 Å². The minimum Gasteiger partial charge on any atom is -0.492 e. The number of cyclic esters (lactones) is 1. The number of fused-ring (bicyclic) bond motifs is 5. The van der Waals surface area contributed by atoms with E-state index in [9.17, 15) is 20.1 Å². The summed E-state index contributed by atoms with van der Waals surface area (Å²) in [7, 11) is 0. The second kappa shape index (κ2) is 22.0. The Labute approximate surface area is 440 Å². The van der Waals surface area contributed by atoms with Crippen molar-refractivity contribution in [3.63, 3.8) is 0 Å². The highest BCUT2D eigenvalue weighted by Crippen LogP contribution is 2.62. The second-order valence-corrected chi connectivity index (χ2v) is 26.1. The SMILES string of the molecule is C[C@@H]1OC(=O)[C@@H]2[C@H]1[C@H](CO)ON2Cc1cccc(Br)c1OCC1CC1.C[C@@H]1[C@@H](N)C[C@H]2C[C@@H]1C2(C)C.C[C@@H]1[C@@H](NC[C@@H]2[C@H]([C@H](C)O)[C@H](CO)ON2Cc2cccc(Br)c2OCC2CC2)C[C@H]2C[C@@H]1C2(C)C. The molecule has 3 aliphatic heterocycles. The molecule has 396 valence electrons. The Bertz CT molecular complexity index is 2160. The largest absolute Gasteiger partial charge is 0.492 e. The van der Waals surface area contributed by atoms with E-state index in [1.807, 2.05) is 49.2 Å². The fourth-order valence-electron chi connectivity index (χ4n) is 14.0. The molecule has 11 fully saturated rings. The Hall–Kier alpha value is -1.89. The highest BCUT2D eigenvalue weighted by molar-refractivity contribution is 9.11. The number of nitrogens with two attached hydrogens (primary N) is 1. The Morgan fingerprint density at radius 1 is 0.775 bits per heavy atom. The van der Waals surface area contributed by atoms with Crippen molar-refractivity contribution in [1.82, 2.24) is 15.4 Å². The highest BCUT2D eigenvalue weighted by Gasteiger charge is 2.58. The first-order valence-electron chi connectivity index (χ1n) is 27.1. The van der Waals surface area contributed by atoms with Crippen molar-refractivity contribution in [3.8, 4) is 11.5 Å². The number of hydrogen-bond acceptors (Lipinski definition) is 13. The maximum atomic E-state index is 12.2. The Kier molecular flexibility index (Phi) is 16.7. The van der Waals surface area contributed by atoms with E-state index in [0.29, 0.717) is 60.4 Å². The van der Waals surface area contributed by atoms with Gasteiger partial charge >= 0.3 is 5.97 Å². The van der Waals surface area contributed by atoms with E-state index in [0.717, 1.165) is 74.3 Å². The molecule has 4 bridgehead atoms. The van der Waals surface area contributed by atoms with E-state index in [1.165, 1.54) is 51.4 Å². The average Bonchev–Trinajstić information content (AvgIpc) is 4.25. The number of halogens is 2. The van der Waals surface area contributed by atoms with Crippen molar-refractivity contribution in [2.24, 2.45) is 75.7 Å². The number of esters is 1. The highest BCUT2D eigenvalue weighted by atomic mass is 79.9. The standard InChI is InChI=1S/C28H43BrN2O4.C18H22BrNO5.C10H19N/c1-16-21-10-20(28(21,3)4)11-23(16)30-12-24-26(17(2)33)25(14-32)35-31(24)13-19-6-5-7-22(29)27(19)34-15-18-8-9-18;1-10-15-14(8-21)25-20(16(15)18(22)24-10)7-12-3-2-4-13(19)17(12)23-9-11-5-6-11;1-6-8-4-7(5-9(6)11)10(8,2)3/h5-7,16-18,20-21,23-26,30,32-33H,8-15H2,1-4H3;2-4,10-11,14-16,21H,5-9H2,1H3;6-9H,4-5,11H2,1-3H3/t16-,17-,20+,21-,23-,24+,25-,26-;10-,14-,15+,16-;6-,7+,8-,9-/m000/s1. The van der Waals surface area contributed by atoms with Gasteiger partial charge in [-0.05, 0) is 167 Å². The van der Waals surface area contributed by atoms with Gasteiger partial charge in [0.15, 0.2) is 0 Å². The molecule has 13 rings (SSSR count). The van der Waals surface area contributed by atoms with E-state index < -0.39 is 24.4 Å².